The Labute approximate surface area is 81.0 Å². The van der Waals surface area contributed by atoms with Crippen LogP contribution in [0.3, 0.4) is 0 Å². The minimum Gasteiger partial charge on any atom is -0.491 e. The number of hydrogen-bond donors (Lipinski definition) is 2. The van der Waals surface area contributed by atoms with Crippen molar-refractivity contribution in [3.8, 4) is 5.75 Å². The van der Waals surface area contributed by atoms with Gasteiger partial charge in [-0.2, -0.15) is 0 Å². The first kappa shape index (κ1) is 8.38. The van der Waals surface area contributed by atoms with Crippen LogP contribution in [0.2, 0.25) is 5.02 Å². The molecule has 1 heterocycles. The number of fused-ring (bicyclic) bond motifs is 1. The summed E-state index contributed by atoms with van der Waals surface area (Å²) in [5.74, 6) is 0.781. The molecule has 1 aliphatic heterocycles. The third kappa shape index (κ3) is 1.35. The Hall–Kier alpha value is -1.22. The van der Waals surface area contributed by atoms with Crippen molar-refractivity contribution in [2.24, 2.45) is 5.73 Å². The molecule has 0 amide bonds. The monoisotopic (exact) mass is 196 g/mol. The fourth-order valence-electron chi connectivity index (χ4n) is 1.42. The fraction of sp³-hybridized carbons (Fsp3) is 0.222. The molecule has 0 saturated carbocycles. The molecule has 0 bridgehead atoms. The minimum absolute atomic E-state index is 0.0385. The summed E-state index contributed by atoms with van der Waals surface area (Å²) in [7, 11) is 0. The van der Waals surface area contributed by atoms with E-state index in [1.54, 1.807) is 6.07 Å². The van der Waals surface area contributed by atoms with Crippen molar-refractivity contribution in [1.82, 2.24) is 0 Å². The minimum atomic E-state index is 0.0385. The molecule has 0 unspecified atom stereocenters. The van der Waals surface area contributed by atoms with Crippen molar-refractivity contribution in [3.05, 3.63) is 28.3 Å². The average molecular weight is 197 g/mol. The summed E-state index contributed by atoms with van der Waals surface area (Å²) in [5, 5.41) is 7.81. The molecule has 4 heteroatoms. The zero-order chi connectivity index (χ0) is 9.42. The van der Waals surface area contributed by atoms with E-state index >= 15 is 0 Å². The molecule has 3 nitrogen and oxygen atoms in total. The topological polar surface area (TPSA) is 59.1 Å². The molecule has 13 heavy (non-hydrogen) atoms. The summed E-state index contributed by atoms with van der Waals surface area (Å²) in [6.45, 7) is 0.663. The highest BCUT2D eigenvalue weighted by atomic mass is 35.5. The molecule has 68 valence electrons. The first-order chi connectivity index (χ1) is 6.18. The van der Waals surface area contributed by atoms with Gasteiger partial charge in [0.25, 0.3) is 0 Å². The van der Waals surface area contributed by atoms with Crippen LogP contribution in [0.4, 0.5) is 0 Å². The molecule has 0 saturated heterocycles. The van der Waals surface area contributed by atoms with Crippen molar-refractivity contribution < 1.29 is 4.74 Å². The Balaban J connectivity index is 2.55. The van der Waals surface area contributed by atoms with Crippen LogP contribution in [0, 0.1) is 5.41 Å². The zero-order valence-electron chi connectivity index (χ0n) is 6.93. The highest BCUT2D eigenvalue weighted by molar-refractivity contribution is 6.32. The maximum absolute atomic E-state index is 7.27. The average Bonchev–Trinajstić information content (AvgIpc) is 2.51. The Bertz CT molecular complexity index is 376. The van der Waals surface area contributed by atoms with Gasteiger partial charge >= 0.3 is 0 Å². The summed E-state index contributed by atoms with van der Waals surface area (Å²) in [5.41, 5.74) is 7.06. The van der Waals surface area contributed by atoms with Crippen molar-refractivity contribution in [2.75, 3.05) is 6.61 Å². The number of amidine groups is 1. The lowest BCUT2D eigenvalue weighted by Gasteiger charge is -2.04. The van der Waals surface area contributed by atoms with Crippen molar-refractivity contribution in [1.29, 1.82) is 5.41 Å². The molecule has 1 aromatic rings. The molecule has 0 atom stereocenters. The molecule has 0 aliphatic carbocycles. The van der Waals surface area contributed by atoms with Gasteiger partial charge in [0.15, 0.2) is 0 Å². The van der Waals surface area contributed by atoms with Gasteiger partial charge in [-0.05, 0) is 17.7 Å². The predicted octanol–water partition coefficient (Wildman–Crippen LogP) is 1.56. The van der Waals surface area contributed by atoms with Gasteiger partial charge in [0.1, 0.15) is 11.6 Å². The number of hydrogen-bond acceptors (Lipinski definition) is 2. The standard InChI is InChI=1S/C9H9ClN2O/c10-7-4-6(9(11)12)3-5-1-2-13-8(5)7/h3-4H,1-2H2,(H3,11,12). The summed E-state index contributed by atoms with van der Waals surface area (Å²) in [6.07, 6.45) is 0.843. The molecular weight excluding hydrogens is 188 g/mol. The molecule has 0 aromatic heterocycles. The summed E-state index contributed by atoms with van der Waals surface area (Å²) >= 11 is 5.94. The highest BCUT2D eigenvalue weighted by Gasteiger charge is 2.17. The van der Waals surface area contributed by atoms with Gasteiger partial charge in [0.2, 0.25) is 0 Å². The van der Waals surface area contributed by atoms with E-state index in [0.717, 1.165) is 17.7 Å². The van der Waals surface area contributed by atoms with Crippen LogP contribution >= 0.6 is 11.6 Å². The van der Waals surface area contributed by atoms with Crippen LogP contribution < -0.4 is 10.5 Å². The normalized spacial score (nSPS) is 13.6. The zero-order valence-corrected chi connectivity index (χ0v) is 7.69. The molecule has 2 rings (SSSR count). The maximum atomic E-state index is 7.27. The van der Waals surface area contributed by atoms with Gasteiger partial charge in [-0.1, -0.05) is 11.6 Å². The highest BCUT2D eigenvalue weighted by Crippen LogP contribution is 2.34. The lowest BCUT2D eigenvalue weighted by molar-refractivity contribution is 0.357. The second-order valence-electron chi connectivity index (χ2n) is 2.96. The third-order valence-corrected chi connectivity index (χ3v) is 2.33. The quantitative estimate of drug-likeness (QED) is 0.529. The second kappa shape index (κ2) is 2.92. The van der Waals surface area contributed by atoms with E-state index < -0.39 is 0 Å². The van der Waals surface area contributed by atoms with E-state index in [9.17, 15) is 0 Å². The predicted molar refractivity (Wildman–Crippen MR) is 51.7 cm³/mol. The lowest BCUT2D eigenvalue weighted by atomic mass is 10.1. The van der Waals surface area contributed by atoms with Gasteiger partial charge in [-0.15, -0.1) is 0 Å². The Morgan fingerprint density at radius 3 is 3.00 bits per heavy atom. The molecule has 0 fully saturated rings. The first-order valence-corrected chi connectivity index (χ1v) is 4.36. The largest absolute Gasteiger partial charge is 0.491 e. The van der Waals surface area contributed by atoms with E-state index in [4.69, 9.17) is 27.5 Å². The molecule has 1 aromatic carbocycles. The number of nitrogens with two attached hydrogens (primary N) is 1. The number of ether oxygens (including phenoxy) is 1. The van der Waals surface area contributed by atoms with Crippen LogP contribution in [-0.4, -0.2) is 12.4 Å². The fourth-order valence-corrected chi connectivity index (χ4v) is 1.71. The van der Waals surface area contributed by atoms with E-state index in [1.165, 1.54) is 0 Å². The van der Waals surface area contributed by atoms with E-state index in [2.05, 4.69) is 0 Å². The Kier molecular flexibility index (Phi) is 1.88. The number of rotatable bonds is 1. The van der Waals surface area contributed by atoms with Crippen molar-refractivity contribution >= 4 is 17.4 Å². The van der Waals surface area contributed by atoms with Gasteiger partial charge in [-0.25, -0.2) is 0 Å². The summed E-state index contributed by atoms with van der Waals surface area (Å²) in [4.78, 5) is 0. The number of nitrogens with one attached hydrogen (secondary N) is 1. The number of nitrogen functional groups attached to an aromatic ring is 1. The molecule has 3 N–H and O–H groups in total. The van der Waals surface area contributed by atoms with Gasteiger partial charge in [-0.3, -0.25) is 5.41 Å². The molecular formula is C9H9ClN2O. The van der Waals surface area contributed by atoms with E-state index in [0.29, 0.717) is 17.2 Å². The van der Waals surface area contributed by atoms with Crippen LogP contribution in [0.1, 0.15) is 11.1 Å². The van der Waals surface area contributed by atoms with Crippen LogP contribution in [0.15, 0.2) is 12.1 Å². The van der Waals surface area contributed by atoms with Crippen LogP contribution in [0.25, 0.3) is 0 Å². The smallest absolute Gasteiger partial charge is 0.141 e. The number of benzene rings is 1. The number of halogens is 1. The van der Waals surface area contributed by atoms with Crippen molar-refractivity contribution in [2.45, 2.75) is 6.42 Å². The van der Waals surface area contributed by atoms with Crippen molar-refractivity contribution in [3.63, 3.8) is 0 Å². The maximum Gasteiger partial charge on any atom is 0.141 e. The summed E-state index contributed by atoms with van der Waals surface area (Å²) < 4.78 is 5.32. The van der Waals surface area contributed by atoms with E-state index in [-0.39, 0.29) is 5.84 Å². The molecule has 1 aliphatic rings. The second-order valence-corrected chi connectivity index (χ2v) is 3.37. The van der Waals surface area contributed by atoms with Gasteiger partial charge < -0.3 is 10.5 Å². The van der Waals surface area contributed by atoms with Gasteiger partial charge in [0, 0.05) is 12.0 Å². The Morgan fingerprint density at radius 2 is 2.31 bits per heavy atom. The molecule has 0 radical (unpaired) electrons. The van der Waals surface area contributed by atoms with Gasteiger partial charge in [0.05, 0.1) is 11.6 Å². The third-order valence-electron chi connectivity index (χ3n) is 2.05. The van der Waals surface area contributed by atoms with Crippen LogP contribution in [0.5, 0.6) is 5.75 Å². The summed E-state index contributed by atoms with van der Waals surface area (Å²) in [6, 6.07) is 3.52. The molecule has 0 spiro atoms. The SMILES string of the molecule is N=C(N)c1cc(Cl)c2c(c1)CCO2. The first-order valence-electron chi connectivity index (χ1n) is 3.98. The Morgan fingerprint density at radius 1 is 1.54 bits per heavy atom. The lowest BCUT2D eigenvalue weighted by Crippen LogP contribution is -2.11. The van der Waals surface area contributed by atoms with E-state index in [1.807, 2.05) is 6.07 Å². The van der Waals surface area contributed by atoms with Crippen LogP contribution in [-0.2, 0) is 6.42 Å².